The molecule has 0 aliphatic carbocycles. The van der Waals surface area contributed by atoms with E-state index in [9.17, 15) is 9.59 Å². The number of carbonyl (C=O) groups is 2. The van der Waals surface area contributed by atoms with Gasteiger partial charge in [0.05, 0.1) is 11.1 Å². The van der Waals surface area contributed by atoms with E-state index in [0.29, 0.717) is 0 Å². The molecule has 7 heteroatoms. The molecule has 15 heavy (non-hydrogen) atoms. The van der Waals surface area contributed by atoms with Gasteiger partial charge >= 0.3 is 166 Å². The van der Waals surface area contributed by atoms with Gasteiger partial charge in [0.15, 0.2) is 0 Å². The molecule has 68 valence electrons. The summed E-state index contributed by atoms with van der Waals surface area (Å²) in [5.41, 5.74) is -0.380. The molecule has 0 amide bonds. The molecular weight excluding hydrogens is 277 g/mol. The first-order valence-electron chi connectivity index (χ1n) is 3.18. The fourth-order valence-electron chi connectivity index (χ4n) is 0.856. The van der Waals surface area contributed by atoms with E-state index in [1.54, 1.807) is 0 Å². The largest absolute Gasteiger partial charge is 1.00 e. The molecule has 1 aromatic rings. The van der Waals surface area contributed by atoms with Crippen LogP contribution < -0.4 is 154 Å². The van der Waals surface area contributed by atoms with E-state index in [2.05, 4.69) is 0 Å². The molecule has 0 bridgehead atoms. The molecule has 1 rings (SSSR count). The van der Waals surface area contributed by atoms with Crippen LogP contribution in [-0.4, -0.2) is 22.2 Å². The fraction of sp³-hybridized carbons (Fsp3) is 0. The smallest absolute Gasteiger partial charge is 1.00 e. The number of rotatable bonds is 2. The Balaban J connectivity index is -0.0000000600. The molecule has 0 aromatic heterocycles. The zero-order chi connectivity index (χ0) is 9.14. The van der Waals surface area contributed by atoms with Crippen LogP contribution in [0.1, 0.15) is 25.0 Å². The molecule has 0 fully saturated rings. The van der Waals surface area contributed by atoms with E-state index >= 15 is 0 Å². The predicted molar refractivity (Wildman–Crippen MR) is 43.7 cm³/mol. The van der Waals surface area contributed by atoms with Gasteiger partial charge in [-0.05, 0) is 12.1 Å². The summed E-state index contributed by atoms with van der Waals surface area (Å²) in [6.07, 6.45) is 0. The molecule has 0 saturated carbocycles. The quantitative estimate of drug-likeness (QED) is 0.530. The third-order valence-electron chi connectivity index (χ3n) is 1.39. The topological polar surface area (TPSA) is 74.6 Å². The van der Waals surface area contributed by atoms with Crippen molar-refractivity contribution >= 4 is 11.9 Å². The Morgan fingerprint density at radius 2 is 1.13 bits per heavy atom. The Hall–Kier alpha value is 3.07. The third-order valence-corrected chi connectivity index (χ3v) is 1.39. The monoisotopic (exact) mass is 286 g/mol. The molecule has 2 N–H and O–H groups in total. The number of hydrogen-bond acceptors (Lipinski definition) is 2. The van der Waals surface area contributed by atoms with E-state index in [1.165, 1.54) is 24.3 Å². The van der Waals surface area contributed by atoms with Crippen LogP contribution in [0.15, 0.2) is 24.3 Å². The zero-order valence-electron chi connectivity index (χ0n) is 12.0. The van der Waals surface area contributed by atoms with E-state index in [0.717, 1.165) is 0 Å². The van der Waals surface area contributed by atoms with Gasteiger partial charge in [0.2, 0.25) is 0 Å². The number of hydrogen-bond donors (Lipinski definition) is 2. The van der Waals surface area contributed by atoms with Gasteiger partial charge in [-0.15, -0.1) is 0 Å². The molecule has 0 aliphatic heterocycles. The van der Waals surface area contributed by atoms with Crippen LogP contribution in [0.5, 0.6) is 0 Å². The van der Waals surface area contributed by atoms with Crippen molar-refractivity contribution < 1.29 is 178 Å². The van der Waals surface area contributed by atoms with Gasteiger partial charge in [-0.3, -0.25) is 0 Å². The average molecular weight is 286 g/mol. The number of carboxylic acids is 2. The van der Waals surface area contributed by atoms with Crippen molar-refractivity contribution in [2.24, 2.45) is 0 Å². The van der Waals surface area contributed by atoms with Crippen molar-refractivity contribution in [2.45, 2.75) is 0 Å². The number of carboxylic acid groups (broad SMARTS) is 2. The first kappa shape index (κ1) is 23.2. The molecule has 0 unspecified atom stereocenters. The molecular formula is C8H9K3O4. The molecule has 0 saturated heterocycles. The van der Waals surface area contributed by atoms with Gasteiger partial charge in [-0.1, -0.05) is 12.1 Å². The van der Waals surface area contributed by atoms with Crippen molar-refractivity contribution in [3.05, 3.63) is 35.4 Å². The minimum atomic E-state index is -1.23. The second-order valence-corrected chi connectivity index (χ2v) is 2.16. The Kier molecular flexibility index (Phi) is 18.7. The summed E-state index contributed by atoms with van der Waals surface area (Å²) in [7, 11) is 0. The second-order valence-electron chi connectivity index (χ2n) is 2.16. The van der Waals surface area contributed by atoms with Gasteiger partial charge in [0.25, 0.3) is 0 Å². The van der Waals surface area contributed by atoms with Crippen LogP contribution in [0.2, 0.25) is 0 Å². The van der Waals surface area contributed by atoms with Crippen LogP contribution in [0.3, 0.4) is 0 Å². The fourth-order valence-corrected chi connectivity index (χ4v) is 0.856. The van der Waals surface area contributed by atoms with Gasteiger partial charge < -0.3 is 14.5 Å². The summed E-state index contributed by atoms with van der Waals surface area (Å²) in [5, 5.41) is 17.1. The molecule has 0 atom stereocenters. The summed E-state index contributed by atoms with van der Waals surface area (Å²) in [4.78, 5) is 20.9. The normalized spacial score (nSPS) is 7.47. The number of aromatic carboxylic acids is 2. The van der Waals surface area contributed by atoms with Crippen molar-refractivity contribution in [1.82, 2.24) is 0 Å². The van der Waals surface area contributed by atoms with Gasteiger partial charge in [-0.2, -0.15) is 0 Å². The molecule has 0 heterocycles. The van der Waals surface area contributed by atoms with E-state index in [1.807, 2.05) is 0 Å². The molecule has 1 aromatic carbocycles. The van der Waals surface area contributed by atoms with Crippen LogP contribution >= 0.6 is 0 Å². The predicted octanol–water partition coefficient (Wildman–Crippen LogP) is -7.57. The van der Waals surface area contributed by atoms with Gasteiger partial charge in [-0.25, -0.2) is 9.59 Å². The molecule has 0 spiro atoms. The average Bonchev–Trinajstić information content (AvgIpc) is 2.04. The molecule has 4 nitrogen and oxygen atoms in total. The van der Waals surface area contributed by atoms with E-state index in [4.69, 9.17) is 10.2 Å². The van der Waals surface area contributed by atoms with E-state index in [-0.39, 0.29) is 170 Å². The minimum Gasteiger partial charge on any atom is -1.00 e. The van der Waals surface area contributed by atoms with Crippen LogP contribution in [0, 0.1) is 0 Å². The Labute approximate surface area is 219 Å². The maximum Gasteiger partial charge on any atom is 1.00 e. The summed E-state index contributed by atoms with van der Waals surface area (Å²) in [6, 6.07) is 5.48. The summed E-state index contributed by atoms with van der Waals surface area (Å²) < 4.78 is 0. The van der Waals surface area contributed by atoms with Crippen LogP contribution in [0.25, 0.3) is 0 Å². The minimum absolute atomic E-state index is 0. The van der Waals surface area contributed by atoms with Crippen LogP contribution in [0.4, 0.5) is 0 Å². The standard InChI is InChI=1S/C8H6O4.3K.3H/c9-7(10)5-3-1-2-4-6(5)8(11)12;;;;;;/h1-4H,(H,9,10)(H,11,12);;;;;;/q;3*+1;3*-1. The molecule has 0 aliphatic rings. The SMILES string of the molecule is O=C(O)c1ccccc1C(=O)O.[H-].[H-].[H-].[K+].[K+].[K+]. The first-order chi connectivity index (χ1) is 5.63. The zero-order valence-corrected chi connectivity index (χ0v) is 18.4. The third kappa shape index (κ3) is 7.96. The molecule has 0 radical (unpaired) electrons. The maximum absolute atomic E-state index is 10.5. The maximum atomic E-state index is 10.5. The summed E-state index contributed by atoms with van der Waals surface area (Å²) in [6.45, 7) is 0. The van der Waals surface area contributed by atoms with E-state index < -0.39 is 11.9 Å². The van der Waals surface area contributed by atoms with Crippen molar-refractivity contribution in [1.29, 1.82) is 0 Å². The Morgan fingerprint density at radius 3 is 1.33 bits per heavy atom. The van der Waals surface area contributed by atoms with Crippen molar-refractivity contribution in [3.8, 4) is 0 Å². The first-order valence-corrected chi connectivity index (χ1v) is 3.18. The van der Waals surface area contributed by atoms with Gasteiger partial charge in [0, 0.05) is 0 Å². The Morgan fingerprint density at radius 1 is 0.867 bits per heavy atom. The number of benzene rings is 1. The Bertz CT molecular complexity index is 319. The summed E-state index contributed by atoms with van der Waals surface area (Å²) >= 11 is 0. The van der Waals surface area contributed by atoms with Crippen molar-refractivity contribution in [3.63, 3.8) is 0 Å². The van der Waals surface area contributed by atoms with Crippen molar-refractivity contribution in [2.75, 3.05) is 0 Å². The van der Waals surface area contributed by atoms with Crippen LogP contribution in [-0.2, 0) is 0 Å². The second kappa shape index (κ2) is 12.1. The van der Waals surface area contributed by atoms with Gasteiger partial charge in [0.1, 0.15) is 0 Å². The summed E-state index contributed by atoms with van der Waals surface area (Å²) in [5.74, 6) is -2.46.